The van der Waals surface area contributed by atoms with Gasteiger partial charge in [0.2, 0.25) is 0 Å². The highest BCUT2D eigenvalue weighted by molar-refractivity contribution is 7.98. The minimum atomic E-state index is -4.20. The summed E-state index contributed by atoms with van der Waals surface area (Å²) < 4.78 is 57.5. The molecule has 0 bridgehead atoms. The van der Waals surface area contributed by atoms with Gasteiger partial charge in [0.1, 0.15) is 23.1 Å². The lowest BCUT2D eigenvalue weighted by atomic mass is 9.73. The van der Waals surface area contributed by atoms with E-state index in [1.807, 2.05) is 33.1 Å². The second-order valence-corrected chi connectivity index (χ2v) is 40.4. The molecule has 10 atom stereocenters. The third kappa shape index (κ3) is 14.2. The third-order valence-corrected chi connectivity index (χ3v) is 35.0. The predicted octanol–water partition coefficient (Wildman–Crippen LogP) is 13.2. The Balaban J connectivity index is 2.38. The van der Waals surface area contributed by atoms with Crippen LogP contribution in [-0.2, 0) is 48.3 Å². The monoisotopic (exact) mass is 1080 g/mol. The van der Waals surface area contributed by atoms with Crippen molar-refractivity contribution < 1.29 is 46.3 Å². The zero-order valence-electron chi connectivity index (χ0n) is 48.0. The van der Waals surface area contributed by atoms with Crippen LogP contribution in [0.2, 0.25) is 54.4 Å². The first-order valence-electron chi connectivity index (χ1n) is 27.1. The summed E-state index contributed by atoms with van der Waals surface area (Å²) in [6, 6.07) is 7.08. The molecule has 0 saturated carbocycles. The van der Waals surface area contributed by atoms with E-state index in [0.717, 1.165) is 60.6 Å². The summed E-state index contributed by atoms with van der Waals surface area (Å²) in [5.41, 5.74) is -4.50. The molecule has 1 aromatic rings. The molecule has 70 heavy (non-hydrogen) atoms. The molecule has 0 amide bonds. The van der Waals surface area contributed by atoms with Crippen LogP contribution in [0.25, 0.3) is 0 Å². The number of aliphatic hydroxyl groups is 1. The lowest BCUT2D eigenvalue weighted by Crippen LogP contribution is -2.54. The minimum absolute atomic E-state index is 0.0199. The summed E-state index contributed by atoms with van der Waals surface area (Å²) >= 11 is 1.48. The Morgan fingerprint density at radius 3 is 1.91 bits per heavy atom. The van der Waals surface area contributed by atoms with Gasteiger partial charge >= 0.3 is 13.6 Å². The molecular formula is C52H102N3O10PSSi3. The number of ether oxygens (including phenoxy) is 1. The van der Waals surface area contributed by atoms with Crippen LogP contribution in [0.5, 0.6) is 0 Å². The van der Waals surface area contributed by atoms with Crippen LogP contribution < -0.4 is 0 Å². The Labute approximate surface area is 434 Å². The first-order chi connectivity index (χ1) is 32.4. The van der Waals surface area contributed by atoms with Gasteiger partial charge in [-0.2, -0.15) is 5.10 Å². The van der Waals surface area contributed by atoms with Crippen molar-refractivity contribution >= 4 is 56.1 Å². The molecule has 2 aliphatic heterocycles. The van der Waals surface area contributed by atoms with Gasteiger partial charge in [-0.25, -0.2) is 0 Å². The molecule has 2 saturated heterocycles. The molecule has 0 aliphatic carbocycles. The normalized spacial score (nSPS) is 28.2. The van der Waals surface area contributed by atoms with Gasteiger partial charge in [-0.1, -0.05) is 96.4 Å². The van der Waals surface area contributed by atoms with E-state index in [1.54, 1.807) is 32.5 Å². The molecule has 2 aliphatic rings. The van der Waals surface area contributed by atoms with E-state index in [0.29, 0.717) is 18.8 Å². The SMILES string of the molecule is CCOP(=O)(OCC)C(c1cc(SC)n(C)n1)C(C)(O)C1C[C@@H]2N(CCO[Si](C)(C)C(C)(C)C)[C@]2(C)CCC[C@H](C)C(O[Si](CC)(CC)CC)[C@@H](C)C(=O)C(C)(C)[C@@H](O[Si](CC)(CC)CC)CC(=O)O1. The average molecular weight is 1080 g/mol. The maximum Gasteiger partial charge on any atom is 0.342 e. The van der Waals surface area contributed by atoms with Crippen LogP contribution in [0, 0.1) is 17.3 Å². The highest BCUT2D eigenvalue weighted by Gasteiger charge is 2.63. The summed E-state index contributed by atoms with van der Waals surface area (Å²) in [6.07, 6.45) is 2.20. The number of carbonyl (C=O) groups excluding carboxylic acids is 2. The van der Waals surface area contributed by atoms with Gasteiger partial charge in [0.15, 0.2) is 25.0 Å². The first-order valence-corrected chi connectivity index (χ1v) is 37.9. The molecule has 0 aromatic carbocycles. The van der Waals surface area contributed by atoms with E-state index < -0.39 is 73.3 Å². The highest BCUT2D eigenvalue weighted by atomic mass is 32.2. The molecule has 3 heterocycles. The first kappa shape index (κ1) is 63.6. The van der Waals surface area contributed by atoms with Gasteiger partial charge in [0.05, 0.1) is 42.6 Å². The number of esters is 1. The summed E-state index contributed by atoms with van der Waals surface area (Å²) in [7, 11) is -9.10. The Kier molecular flexibility index (Phi) is 23.1. The van der Waals surface area contributed by atoms with Gasteiger partial charge in [0, 0.05) is 49.5 Å². The van der Waals surface area contributed by atoms with Gasteiger partial charge in [-0.05, 0) is 113 Å². The fourth-order valence-corrected chi connectivity index (χ4v) is 21.1. The Hall–Kier alpha value is -0.699. The number of aromatic nitrogens is 2. The van der Waals surface area contributed by atoms with Gasteiger partial charge in [-0.3, -0.25) is 23.7 Å². The largest absolute Gasteiger partial charge is 0.459 e. The molecule has 1 N–H and O–H groups in total. The molecule has 3 rings (SSSR count). The molecular weight excluding hydrogens is 974 g/mol. The Morgan fingerprint density at radius 2 is 1.44 bits per heavy atom. The zero-order valence-corrected chi connectivity index (χ0v) is 52.8. The summed E-state index contributed by atoms with van der Waals surface area (Å²) in [6.45, 7) is 41.3. The topological polar surface area (TPSA) is 148 Å². The molecule has 18 heteroatoms. The number of nitrogens with zero attached hydrogens (tertiary/aromatic N) is 3. The number of Topliss-reactive ketones (excluding diaryl/α,β-unsaturated/α-hetero) is 1. The number of cyclic esters (lactones) is 1. The number of thioether (sulfide) groups is 1. The molecule has 2 fully saturated rings. The number of carbonyl (C=O) groups is 2. The molecule has 1 aromatic heterocycles. The molecule has 5 unspecified atom stereocenters. The smallest absolute Gasteiger partial charge is 0.342 e. The quantitative estimate of drug-likeness (QED) is 0.0365. The standard InChI is InChI=1S/C52H102N3O10PSSi3/c1-22-60-66(59,61-23-2)48(40-35-44(67-19)54(18)53-40)52(17,58)43-36-41-51(16,55(41)33-34-62-68(20,21)49(11,12)13)32-30-31-38(9)46(65-70(27-6,28-7)29-8)39(10)47(57)50(14,15)42(37-45(56)63-43)64-69(24-3,25-4)26-5/h35,38-39,41-43,46,48,58H,22-34,36-37H2,1-21H3/t38-,39+,41-,42-,43?,46?,48?,51+,52?,55?/m0/s1. The number of hydrogen-bond acceptors (Lipinski definition) is 13. The van der Waals surface area contributed by atoms with Crippen molar-refractivity contribution in [2.45, 2.75) is 250 Å². The van der Waals surface area contributed by atoms with Crippen molar-refractivity contribution in [2.75, 3.05) is 32.6 Å². The van der Waals surface area contributed by atoms with E-state index >= 15 is 14.2 Å². The Bertz CT molecular complexity index is 1860. The van der Waals surface area contributed by atoms with Gasteiger partial charge in [0.25, 0.3) is 0 Å². The molecule has 408 valence electrons. The maximum absolute atomic E-state index is 15.5. The van der Waals surface area contributed by atoms with Crippen molar-refractivity contribution in [1.82, 2.24) is 14.7 Å². The van der Waals surface area contributed by atoms with E-state index in [9.17, 15) is 5.11 Å². The van der Waals surface area contributed by atoms with Crippen molar-refractivity contribution in [3.8, 4) is 0 Å². The summed E-state index contributed by atoms with van der Waals surface area (Å²) in [5.74, 6) is -0.956. The molecule has 0 spiro atoms. The van der Waals surface area contributed by atoms with Gasteiger partial charge in [-0.15, -0.1) is 11.8 Å². The summed E-state index contributed by atoms with van der Waals surface area (Å²) in [5, 5.41) is 19.1. The van der Waals surface area contributed by atoms with E-state index in [1.165, 1.54) is 11.8 Å². The second kappa shape index (κ2) is 25.4. The predicted molar refractivity (Wildman–Crippen MR) is 295 cm³/mol. The number of rotatable bonds is 23. The van der Waals surface area contributed by atoms with Gasteiger partial charge < -0.3 is 32.2 Å². The number of hydrogen-bond donors (Lipinski definition) is 1. The number of aryl methyl sites for hydroxylation is 1. The van der Waals surface area contributed by atoms with Crippen molar-refractivity contribution in [2.24, 2.45) is 24.3 Å². The minimum Gasteiger partial charge on any atom is -0.459 e. The fraction of sp³-hybridized carbons (Fsp3) is 0.904. The number of ketones is 1. The van der Waals surface area contributed by atoms with E-state index in [2.05, 4.69) is 94.2 Å². The lowest BCUT2D eigenvalue weighted by Gasteiger charge is -2.44. The van der Waals surface area contributed by atoms with Crippen LogP contribution in [0.4, 0.5) is 0 Å². The molecule has 0 radical (unpaired) electrons. The van der Waals surface area contributed by atoms with Crippen molar-refractivity contribution in [3.05, 3.63) is 11.8 Å². The second-order valence-electron chi connectivity index (χ2n) is 23.3. The van der Waals surface area contributed by atoms with Crippen molar-refractivity contribution in [1.29, 1.82) is 0 Å². The zero-order chi connectivity index (χ0) is 53.5. The molecule has 13 nitrogen and oxygen atoms in total. The lowest BCUT2D eigenvalue weighted by molar-refractivity contribution is -0.170. The van der Waals surface area contributed by atoms with E-state index in [4.69, 9.17) is 32.2 Å². The van der Waals surface area contributed by atoms with Crippen LogP contribution in [0.15, 0.2) is 11.1 Å². The summed E-state index contributed by atoms with van der Waals surface area (Å²) in [4.78, 5) is 33.1. The van der Waals surface area contributed by atoms with Crippen LogP contribution >= 0.6 is 19.4 Å². The van der Waals surface area contributed by atoms with Crippen molar-refractivity contribution in [3.63, 3.8) is 0 Å². The average Bonchev–Trinajstić information content (AvgIpc) is 3.63. The Morgan fingerprint density at radius 1 is 0.914 bits per heavy atom. The van der Waals surface area contributed by atoms with Crippen LogP contribution in [0.1, 0.15) is 161 Å². The third-order valence-electron chi connectivity index (χ3n) is 17.7. The van der Waals surface area contributed by atoms with Crippen LogP contribution in [-0.4, -0.2) is 125 Å². The fourth-order valence-electron chi connectivity index (χ4n) is 11.2. The number of fused-ring (bicyclic) bond motifs is 1. The van der Waals surface area contributed by atoms with Crippen LogP contribution in [0.3, 0.4) is 0 Å². The maximum atomic E-state index is 15.5. The van der Waals surface area contributed by atoms with E-state index in [-0.39, 0.29) is 60.5 Å². The highest BCUT2D eigenvalue weighted by Crippen LogP contribution is 2.66.